The zero-order valence-corrected chi connectivity index (χ0v) is 13.4. The van der Waals surface area contributed by atoms with Gasteiger partial charge in [0.15, 0.2) is 0 Å². The third kappa shape index (κ3) is 7.32. The Labute approximate surface area is 127 Å². The van der Waals surface area contributed by atoms with Crippen molar-refractivity contribution in [2.45, 2.75) is 45.1 Å². The summed E-state index contributed by atoms with van der Waals surface area (Å²) >= 11 is 0. The van der Waals surface area contributed by atoms with Gasteiger partial charge in [-0.3, -0.25) is 4.79 Å². The molecule has 0 radical (unpaired) electrons. The van der Waals surface area contributed by atoms with Crippen LogP contribution in [-0.4, -0.2) is 55.2 Å². The van der Waals surface area contributed by atoms with Crippen LogP contribution in [0.4, 0.5) is 4.79 Å². The molecule has 1 fully saturated rings. The maximum absolute atomic E-state index is 11.8. The fourth-order valence-corrected chi connectivity index (χ4v) is 2.65. The summed E-state index contributed by atoms with van der Waals surface area (Å²) in [6.07, 6.45) is 4.13. The van der Waals surface area contributed by atoms with Crippen molar-refractivity contribution in [1.29, 1.82) is 0 Å². The number of carbonyl (C=O) groups is 2. The van der Waals surface area contributed by atoms with E-state index in [1.807, 2.05) is 21.0 Å². The van der Waals surface area contributed by atoms with Crippen molar-refractivity contribution in [2.24, 2.45) is 11.8 Å². The van der Waals surface area contributed by atoms with Crippen molar-refractivity contribution in [2.75, 3.05) is 27.2 Å². The Morgan fingerprint density at radius 1 is 1.24 bits per heavy atom. The Kier molecular flexibility index (Phi) is 7.50. The number of hydrogen-bond donors (Lipinski definition) is 3. The van der Waals surface area contributed by atoms with Gasteiger partial charge in [-0.25, -0.2) is 4.79 Å². The lowest BCUT2D eigenvalue weighted by Crippen LogP contribution is -2.43. The first-order chi connectivity index (χ1) is 9.88. The van der Waals surface area contributed by atoms with E-state index in [2.05, 4.69) is 15.5 Å². The van der Waals surface area contributed by atoms with Gasteiger partial charge in [0.05, 0.1) is 5.92 Å². The van der Waals surface area contributed by atoms with Gasteiger partial charge in [-0.15, -0.1) is 0 Å². The minimum absolute atomic E-state index is 0.124. The Balaban J connectivity index is 2.15. The molecule has 1 aliphatic rings. The number of carboxylic acid groups (broad SMARTS) is 1. The van der Waals surface area contributed by atoms with E-state index in [9.17, 15) is 9.59 Å². The maximum atomic E-state index is 11.8. The molecule has 6 heteroatoms. The number of carbonyl (C=O) groups excluding carboxylic acids is 1. The monoisotopic (exact) mass is 299 g/mol. The molecule has 6 nitrogen and oxygen atoms in total. The van der Waals surface area contributed by atoms with E-state index in [1.165, 1.54) is 0 Å². The molecule has 0 aliphatic heterocycles. The number of carboxylic acids is 1. The number of aliphatic carboxylic acids is 1. The summed E-state index contributed by atoms with van der Waals surface area (Å²) in [5.74, 6) is -0.474. The molecule has 0 aromatic carbocycles. The minimum Gasteiger partial charge on any atom is -0.481 e. The molecule has 0 spiro atoms. The van der Waals surface area contributed by atoms with Crippen LogP contribution in [0.25, 0.3) is 0 Å². The number of amides is 2. The standard InChI is InChI=1S/C15H29N3O3/c1-11(8-9-18(2)3)17-15(21)16-10-12-4-6-13(7-5-12)14(19)20/h11-13H,4-10H2,1-3H3,(H,19,20)(H2,16,17,21). The van der Waals surface area contributed by atoms with Crippen molar-refractivity contribution in [3.8, 4) is 0 Å². The number of rotatable bonds is 7. The van der Waals surface area contributed by atoms with Crippen molar-refractivity contribution in [3.05, 3.63) is 0 Å². The van der Waals surface area contributed by atoms with Crippen molar-refractivity contribution >= 4 is 12.0 Å². The zero-order chi connectivity index (χ0) is 15.8. The van der Waals surface area contributed by atoms with Gasteiger partial charge in [-0.2, -0.15) is 0 Å². The van der Waals surface area contributed by atoms with E-state index in [0.29, 0.717) is 12.5 Å². The average molecular weight is 299 g/mol. The van der Waals surface area contributed by atoms with E-state index in [-0.39, 0.29) is 18.0 Å². The molecular formula is C15H29N3O3. The van der Waals surface area contributed by atoms with Gasteiger partial charge in [-0.1, -0.05) is 0 Å². The Morgan fingerprint density at radius 3 is 2.38 bits per heavy atom. The maximum Gasteiger partial charge on any atom is 0.315 e. The zero-order valence-electron chi connectivity index (χ0n) is 13.4. The minimum atomic E-state index is -0.686. The highest BCUT2D eigenvalue weighted by Crippen LogP contribution is 2.28. The van der Waals surface area contributed by atoms with Crippen molar-refractivity contribution in [1.82, 2.24) is 15.5 Å². The van der Waals surface area contributed by atoms with E-state index in [1.54, 1.807) is 0 Å². The molecule has 0 aromatic heterocycles. The van der Waals surface area contributed by atoms with Gasteiger partial charge >= 0.3 is 12.0 Å². The second-order valence-corrected chi connectivity index (χ2v) is 6.40. The molecule has 3 N–H and O–H groups in total. The number of nitrogens with one attached hydrogen (secondary N) is 2. The van der Waals surface area contributed by atoms with Crippen LogP contribution in [0.15, 0.2) is 0 Å². The lowest BCUT2D eigenvalue weighted by Gasteiger charge is -2.26. The lowest BCUT2D eigenvalue weighted by atomic mass is 9.82. The largest absolute Gasteiger partial charge is 0.481 e. The highest BCUT2D eigenvalue weighted by molar-refractivity contribution is 5.74. The van der Waals surface area contributed by atoms with Crippen molar-refractivity contribution < 1.29 is 14.7 Å². The normalized spacial score (nSPS) is 23.6. The van der Waals surface area contributed by atoms with Gasteiger partial charge in [-0.05, 0) is 65.6 Å². The molecule has 21 heavy (non-hydrogen) atoms. The SMILES string of the molecule is CC(CCN(C)C)NC(=O)NCC1CCC(C(=O)O)CC1. The predicted molar refractivity (Wildman–Crippen MR) is 82.3 cm³/mol. The van der Waals surface area contributed by atoms with Gasteiger partial charge in [0.2, 0.25) is 0 Å². The number of hydrogen-bond acceptors (Lipinski definition) is 3. The van der Waals surface area contributed by atoms with Gasteiger partial charge in [0.25, 0.3) is 0 Å². The first kappa shape index (κ1) is 17.8. The fraction of sp³-hybridized carbons (Fsp3) is 0.867. The van der Waals surface area contributed by atoms with Crippen molar-refractivity contribution in [3.63, 3.8) is 0 Å². The number of nitrogens with zero attached hydrogens (tertiary/aromatic N) is 1. The summed E-state index contributed by atoms with van der Waals surface area (Å²) in [5, 5.41) is 14.8. The quantitative estimate of drug-likeness (QED) is 0.665. The van der Waals surface area contributed by atoms with Gasteiger partial charge in [0.1, 0.15) is 0 Å². The van der Waals surface area contributed by atoms with Crippen LogP contribution in [0.5, 0.6) is 0 Å². The molecule has 1 aliphatic carbocycles. The smallest absolute Gasteiger partial charge is 0.315 e. The highest BCUT2D eigenvalue weighted by Gasteiger charge is 2.25. The third-order valence-corrected chi connectivity index (χ3v) is 4.13. The first-order valence-electron chi connectivity index (χ1n) is 7.80. The van der Waals surface area contributed by atoms with Gasteiger partial charge in [0, 0.05) is 12.6 Å². The summed E-state index contributed by atoms with van der Waals surface area (Å²) in [4.78, 5) is 24.8. The van der Waals surface area contributed by atoms with Gasteiger partial charge < -0.3 is 20.6 Å². The summed E-state index contributed by atoms with van der Waals surface area (Å²) in [6.45, 7) is 3.58. The molecule has 1 rings (SSSR count). The third-order valence-electron chi connectivity index (χ3n) is 4.13. The van der Waals surface area contributed by atoms with Crippen LogP contribution < -0.4 is 10.6 Å². The second-order valence-electron chi connectivity index (χ2n) is 6.40. The average Bonchev–Trinajstić information content (AvgIpc) is 2.43. The molecular weight excluding hydrogens is 270 g/mol. The Hall–Kier alpha value is -1.30. The molecule has 1 unspecified atom stereocenters. The van der Waals surface area contributed by atoms with Crippen LogP contribution in [0.3, 0.4) is 0 Å². The summed E-state index contributed by atoms with van der Waals surface area (Å²) < 4.78 is 0. The Bertz CT molecular complexity index is 339. The molecule has 0 aromatic rings. The van der Waals surface area contributed by atoms with Crippen LogP contribution in [-0.2, 0) is 4.79 Å². The van der Waals surface area contributed by atoms with Crippen LogP contribution >= 0.6 is 0 Å². The second kappa shape index (κ2) is 8.87. The lowest BCUT2D eigenvalue weighted by molar-refractivity contribution is -0.143. The highest BCUT2D eigenvalue weighted by atomic mass is 16.4. The molecule has 0 bridgehead atoms. The predicted octanol–water partition coefficient (Wildman–Crippen LogP) is 1.52. The molecule has 1 atom stereocenters. The van der Waals surface area contributed by atoms with E-state index >= 15 is 0 Å². The summed E-state index contributed by atoms with van der Waals surface area (Å²) in [6, 6.07) is 0.0248. The topological polar surface area (TPSA) is 81.7 Å². The van der Waals surface area contributed by atoms with E-state index in [0.717, 1.165) is 38.6 Å². The summed E-state index contributed by atoms with van der Waals surface area (Å²) in [5.41, 5.74) is 0. The first-order valence-corrected chi connectivity index (χ1v) is 7.80. The molecule has 0 heterocycles. The Morgan fingerprint density at radius 2 is 1.86 bits per heavy atom. The van der Waals surface area contributed by atoms with E-state index < -0.39 is 5.97 Å². The van der Waals surface area contributed by atoms with E-state index in [4.69, 9.17) is 5.11 Å². The van der Waals surface area contributed by atoms with Crippen LogP contribution in [0, 0.1) is 11.8 Å². The van der Waals surface area contributed by atoms with Crippen LogP contribution in [0.2, 0.25) is 0 Å². The molecule has 0 saturated heterocycles. The fourth-order valence-electron chi connectivity index (χ4n) is 2.65. The number of urea groups is 1. The van der Waals surface area contributed by atoms with Crippen LogP contribution in [0.1, 0.15) is 39.0 Å². The summed E-state index contributed by atoms with van der Waals surface area (Å²) in [7, 11) is 4.03. The molecule has 2 amide bonds. The molecule has 1 saturated carbocycles. The molecule has 122 valence electrons.